The molecule has 6 heteroatoms. The second-order valence-electron chi connectivity index (χ2n) is 4.17. The van der Waals surface area contributed by atoms with Crippen LogP contribution in [0.2, 0.25) is 0 Å². The average Bonchev–Trinajstić information content (AvgIpc) is 2.26. The molecular weight excluding hydrogens is 232 g/mol. The van der Waals surface area contributed by atoms with E-state index in [2.05, 4.69) is 28.4 Å². The zero-order valence-electron chi connectivity index (χ0n) is 10.3. The summed E-state index contributed by atoms with van der Waals surface area (Å²) in [5, 5.41) is 2.95. The van der Waals surface area contributed by atoms with Gasteiger partial charge in [-0.15, -0.1) is 0 Å². The van der Waals surface area contributed by atoms with Crippen LogP contribution < -0.4 is 21.5 Å². The molecule has 0 amide bonds. The van der Waals surface area contributed by atoms with E-state index < -0.39 is 11.2 Å². The minimum Gasteiger partial charge on any atom is -0.346 e. The van der Waals surface area contributed by atoms with Gasteiger partial charge in [-0.2, -0.15) is 0 Å². The van der Waals surface area contributed by atoms with Crippen LogP contribution >= 0.6 is 0 Å². The van der Waals surface area contributed by atoms with Crippen molar-refractivity contribution in [3.05, 3.63) is 57.0 Å². The quantitative estimate of drug-likeness (QED) is 0.687. The molecule has 0 aromatic carbocycles. The van der Waals surface area contributed by atoms with Crippen LogP contribution in [0.4, 0.5) is 11.5 Å². The van der Waals surface area contributed by atoms with Crippen LogP contribution in [0.25, 0.3) is 0 Å². The van der Waals surface area contributed by atoms with Gasteiger partial charge in [-0.05, 0) is 13.0 Å². The summed E-state index contributed by atoms with van der Waals surface area (Å²) in [6, 6.07) is 0. The van der Waals surface area contributed by atoms with E-state index in [0.29, 0.717) is 17.2 Å². The maximum atomic E-state index is 11.7. The highest BCUT2D eigenvalue weighted by atomic mass is 16.2. The van der Waals surface area contributed by atoms with Gasteiger partial charge >= 0.3 is 5.69 Å². The third-order valence-corrected chi connectivity index (χ3v) is 2.62. The number of aromatic nitrogens is 2. The number of hydrogen-bond acceptors (Lipinski definition) is 4. The van der Waals surface area contributed by atoms with Crippen molar-refractivity contribution < 1.29 is 0 Å². The van der Waals surface area contributed by atoms with Gasteiger partial charge < -0.3 is 10.2 Å². The molecule has 0 fully saturated rings. The smallest absolute Gasteiger partial charge is 0.327 e. The molecule has 0 unspecified atom stereocenters. The topological polar surface area (TPSA) is 81.0 Å². The van der Waals surface area contributed by atoms with Gasteiger partial charge in [0.1, 0.15) is 11.5 Å². The van der Waals surface area contributed by atoms with Crippen LogP contribution in [-0.2, 0) is 0 Å². The number of anilines is 2. The Bertz CT molecular complexity index is 678. The predicted octanol–water partition coefficient (Wildman–Crippen LogP) is 0.899. The standard InChI is InChI=1S/C12H14N4O2/c1-6(2)5-8-7(3)16(4)10-9(13-8)11(17)15-12(18)14-10/h5,13H,1,3H2,2,4H3,(H2,14,15,17,18). The Labute approximate surface area is 103 Å². The first-order valence-corrected chi connectivity index (χ1v) is 5.34. The second kappa shape index (κ2) is 4.06. The van der Waals surface area contributed by atoms with Crippen LogP contribution in [0.15, 0.2) is 45.8 Å². The summed E-state index contributed by atoms with van der Waals surface area (Å²) in [5.74, 6) is 0.396. The Kier molecular flexibility index (Phi) is 2.70. The fraction of sp³-hybridized carbons (Fsp3) is 0.167. The molecule has 0 aliphatic carbocycles. The van der Waals surface area contributed by atoms with Gasteiger partial charge in [-0.1, -0.05) is 18.7 Å². The van der Waals surface area contributed by atoms with E-state index in [1.165, 1.54) is 0 Å². The molecule has 0 atom stereocenters. The fourth-order valence-corrected chi connectivity index (χ4v) is 1.73. The van der Waals surface area contributed by atoms with Gasteiger partial charge in [0.05, 0.1) is 11.4 Å². The molecule has 0 saturated heterocycles. The van der Waals surface area contributed by atoms with Gasteiger partial charge in [0, 0.05) is 7.05 Å². The lowest BCUT2D eigenvalue weighted by Gasteiger charge is -2.30. The number of nitrogens with one attached hydrogen (secondary N) is 3. The van der Waals surface area contributed by atoms with E-state index in [1.54, 1.807) is 18.0 Å². The lowest BCUT2D eigenvalue weighted by Crippen LogP contribution is -2.35. The lowest BCUT2D eigenvalue weighted by molar-refractivity contribution is 0.953. The van der Waals surface area contributed by atoms with Crippen molar-refractivity contribution in [2.75, 3.05) is 17.3 Å². The summed E-state index contributed by atoms with van der Waals surface area (Å²) in [6.45, 7) is 9.53. The van der Waals surface area contributed by atoms with Gasteiger partial charge in [0.2, 0.25) is 0 Å². The summed E-state index contributed by atoms with van der Waals surface area (Å²) in [6.07, 6.45) is 1.78. The van der Waals surface area contributed by atoms with Crippen molar-refractivity contribution in [1.29, 1.82) is 0 Å². The van der Waals surface area contributed by atoms with Crippen LogP contribution in [0.3, 0.4) is 0 Å². The molecule has 0 bridgehead atoms. The number of H-pyrrole nitrogens is 2. The number of aromatic amines is 2. The summed E-state index contributed by atoms with van der Waals surface area (Å²) in [5.41, 5.74) is 1.42. The molecule has 2 heterocycles. The van der Waals surface area contributed by atoms with Crippen LogP contribution in [0.1, 0.15) is 6.92 Å². The molecule has 3 N–H and O–H groups in total. The van der Waals surface area contributed by atoms with E-state index >= 15 is 0 Å². The molecule has 0 spiro atoms. The molecule has 0 saturated carbocycles. The Hall–Kier alpha value is -2.50. The first-order chi connectivity index (χ1) is 8.40. The molecule has 0 radical (unpaired) electrons. The molecule has 1 aliphatic rings. The first-order valence-electron chi connectivity index (χ1n) is 5.34. The summed E-state index contributed by atoms with van der Waals surface area (Å²) >= 11 is 0. The number of likely N-dealkylation sites (N-methyl/N-ethyl adjacent to an activating group) is 1. The van der Waals surface area contributed by atoms with Crippen molar-refractivity contribution in [3.63, 3.8) is 0 Å². The highest BCUT2D eigenvalue weighted by Crippen LogP contribution is 2.30. The third kappa shape index (κ3) is 1.88. The van der Waals surface area contributed by atoms with Crippen molar-refractivity contribution in [1.82, 2.24) is 9.97 Å². The Morgan fingerprint density at radius 3 is 2.61 bits per heavy atom. The largest absolute Gasteiger partial charge is 0.346 e. The highest BCUT2D eigenvalue weighted by molar-refractivity contribution is 5.76. The van der Waals surface area contributed by atoms with E-state index in [4.69, 9.17) is 0 Å². The maximum absolute atomic E-state index is 11.7. The molecule has 6 nitrogen and oxygen atoms in total. The van der Waals surface area contributed by atoms with Gasteiger partial charge in [-0.25, -0.2) is 4.79 Å². The lowest BCUT2D eigenvalue weighted by atomic mass is 10.1. The van der Waals surface area contributed by atoms with Crippen molar-refractivity contribution in [2.24, 2.45) is 0 Å². The average molecular weight is 246 g/mol. The maximum Gasteiger partial charge on any atom is 0.327 e. The number of fused-ring (bicyclic) bond motifs is 1. The normalized spacial score (nSPS) is 16.4. The van der Waals surface area contributed by atoms with Crippen LogP contribution in [-0.4, -0.2) is 17.0 Å². The van der Waals surface area contributed by atoms with Crippen molar-refractivity contribution >= 4 is 11.5 Å². The Balaban J connectivity index is 2.65. The first kappa shape index (κ1) is 12.0. The highest BCUT2D eigenvalue weighted by Gasteiger charge is 2.23. The van der Waals surface area contributed by atoms with Gasteiger partial charge in [-0.3, -0.25) is 14.8 Å². The number of hydrogen-bond donors (Lipinski definition) is 3. The number of allylic oxidation sites excluding steroid dienone is 2. The third-order valence-electron chi connectivity index (χ3n) is 2.62. The number of rotatable bonds is 1. The van der Waals surface area contributed by atoms with E-state index in [1.807, 2.05) is 6.92 Å². The Morgan fingerprint density at radius 1 is 1.33 bits per heavy atom. The molecule has 18 heavy (non-hydrogen) atoms. The zero-order valence-corrected chi connectivity index (χ0v) is 10.3. The van der Waals surface area contributed by atoms with E-state index in [-0.39, 0.29) is 5.69 Å². The molecule has 1 aromatic heterocycles. The molecule has 1 aliphatic heterocycles. The molecule has 94 valence electrons. The predicted molar refractivity (Wildman–Crippen MR) is 71.7 cm³/mol. The summed E-state index contributed by atoms with van der Waals surface area (Å²) < 4.78 is 0. The molecule has 1 aromatic rings. The SMILES string of the molecule is C=C(C)C=C1Nc2c([nH]c(=O)[nH]c2=O)N(C)C1=C. The van der Waals surface area contributed by atoms with E-state index in [0.717, 1.165) is 5.57 Å². The minimum atomic E-state index is -0.549. The van der Waals surface area contributed by atoms with Crippen molar-refractivity contribution in [3.8, 4) is 0 Å². The van der Waals surface area contributed by atoms with Crippen LogP contribution in [0.5, 0.6) is 0 Å². The second-order valence-corrected chi connectivity index (χ2v) is 4.17. The summed E-state index contributed by atoms with van der Waals surface area (Å²) in [4.78, 5) is 29.4. The minimum absolute atomic E-state index is 0.289. The molecule has 2 rings (SSSR count). The van der Waals surface area contributed by atoms with Crippen molar-refractivity contribution in [2.45, 2.75) is 6.92 Å². The van der Waals surface area contributed by atoms with Gasteiger partial charge in [0.25, 0.3) is 5.56 Å². The van der Waals surface area contributed by atoms with Gasteiger partial charge in [0.15, 0.2) is 0 Å². The monoisotopic (exact) mass is 246 g/mol. The van der Waals surface area contributed by atoms with Crippen LogP contribution in [0, 0.1) is 0 Å². The fourth-order valence-electron chi connectivity index (χ4n) is 1.73. The zero-order chi connectivity index (χ0) is 13.4. The van der Waals surface area contributed by atoms with E-state index in [9.17, 15) is 9.59 Å². The summed E-state index contributed by atoms with van der Waals surface area (Å²) in [7, 11) is 1.73. The number of nitrogens with zero attached hydrogens (tertiary/aromatic N) is 1. The Morgan fingerprint density at radius 2 is 2.00 bits per heavy atom. The molecular formula is C12H14N4O2.